The molecule has 2 aliphatic rings. The third-order valence-electron chi connectivity index (χ3n) is 5.44. The molecule has 0 aromatic heterocycles. The molecule has 4 rings (SSSR count). The zero-order chi connectivity index (χ0) is 16.4. The molecule has 0 bridgehead atoms. The van der Waals surface area contributed by atoms with E-state index in [0.717, 1.165) is 24.8 Å². The van der Waals surface area contributed by atoms with E-state index in [1.165, 1.54) is 47.9 Å². The van der Waals surface area contributed by atoms with Gasteiger partial charge in [0.1, 0.15) is 0 Å². The molecule has 124 valence electrons. The molecule has 2 nitrogen and oxygen atoms in total. The Hall–Kier alpha value is -2.09. The predicted molar refractivity (Wildman–Crippen MR) is 98.0 cm³/mol. The highest BCUT2D eigenvalue weighted by Gasteiger charge is 2.19. The van der Waals surface area contributed by atoms with Crippen molar-refractivity contribution in [2.75, 3.05) is 0 Å². The Morgan fingerprint density at radius 2 is 1.67 bits per heavy atom. The fraction of sp³-hybridized carbons (Fsp3) is 0.409. The molecule has 0 spiro atoms. The second-order valence-electron chi connectivity index (χ2n) is 7.26. The maximum atomic E-state index is 12.4. The summed E-state index contributed by atoms with van der Waals surface area (Å²) >= 11 is 0. The first-order valence-corrected chi connectivity index (χ1v) is 9.29. The van der Waals surface area contributed by atoms with Gasteiger partial charge in [-0.25, -0.2) is 0 Å². The highest BCUT2D eigenvalue weighted by atomic mass is 16.1. The average Bonchev–Trinajstić information content (AvgIpc) is 2.74. The van der Waals surface area contributed by atoms with Gasteiger partial charge < -0.3 is 5.32 Å². The molecule has 2 aliphatic carbocycles. The molecule has 2 aromatic carbocycles. The van der Waals surface area contributed by atoms with Gasteiger partial charge in [-0.2, -0.15) is 0 Å². The van der Waals surface area contributed by atoms with E-state index in [4.69, 9.17) is 0 Å². The molecule has 2 heteroatoms. The van der Waals surface area contributed by atoms with E-state index in [2.05, 4.69) is 47.8 Å². The number of rotatable bonds is 3. The minimum absolute atomic E-state index is 0.178. The monoisotopic (exact) mass is 319 g/mol. The molecular weight excluding hydrogens is 294 g/mol. The number of benzene rings is 2. The van der Waals surface area contributed by atoms with Crippen LogP contribution in [-0.4, -0.2) is 11.9 Å². The number of hydrogen-bond acceptors (Lipinski definition) is 1. The van der Waals surface area contributed by atoms with Gasteiger partial charge >= 0.3 is 0 Å². The lowest BCUT2D eigenvalue weighted by molar-refractivity contribution is -0.121. The van der Waals surface area contributed by atoms with E-state index in [9.17, 15) is 4.79 Å². The Bertz CT molecular complexity index is 741. The number of carbonyl (C=O) groups excluding carboxylic acids is 1. The second kappa shape index (κ2) is 6.80. The van der Waals surface area contributed by atoms with Gasteiger partial charge in [-0.05, 0) is 47.1 Å². The first-order chi connectivity index (χ1) is 11.8. The molecule has 24 heavy (non-hydrogen) atoms. The zero-order valence-corrected chi connectivity index (χ0v) is 14.2. The van der Waals surface area contributed by atoms with Crippen LogP contribution in [0.2, 0.25) is 0 Å². The highest BCUT2D eigenvalue weighted by molar-refractivity contribution is 5.81. The van der Waals surface area contributed by atoms with Crippen molar-refractivity contribution in [1.82, 2.24) is 5.32 Å². The minimum Gasteiger partial charge on any atom is -0.353 e. The Labute approximate surface area is 144 Å². The molecule has 0 saturated heterocycles. The van der Waals surface area contributed by atoms with Crippen molar-refractivity contribution in [1.29, 1.82) is 0 Å². The zero-order valence-electron chi connectivity index (χ0n) is 14.2. The molecule has 2 aromatic rings. The van der Waals surface area contributed by atoms with Crippen LogP contribution in [0.3, 0.4) is 0 Å². The van der Waals surface area contributed by atoms with Crippen molar-refractivity contribution in [2.24, 2.45) is 0 Å². The van der Waals surface area contributed by atoms with Crippen LogP contribution in [0.5, 0.6) is 0 Å². The van der Waals surface area contributed by atoms with Gasteiger partial charge in [-0.1, -0.05) is 68.1 Å². The maximum absolute atomic E-state index is 12.4. The van der Waals surface area contributed by atoms with Crippen LogP contribution >= 0.6 is 0 Å². The van der Waals surface area contributed by atoms with Crippen LogP contribution in [0.4, 0.5) is 0 Å². The van der Waals surface area contributed by atoms with Crippen molar-refractivity contribution in [3.63, 3.8) is 0 Å². The van der Waals surface area contributed by atoms with E-state index in [1.54, 1.807) is 0 Å². The summed E-state index contributed by atoms with van der Waals surface area (Å²) in [6, 6.07) is 15.5. The van der Waals surface area contributed by atoms with Crippen molar-refractivity contribution >= 4 is 5.91 Å². The number of amides is 1. The Morgan fingerprint density at radius 3 is 2.50 bits per heavy atom. The topological polar surface area (TPSA) is 29.1 Å². The van der Waals surface area contributed by atoms with Crippen LogP contribution in [0.1, 0.15) is 55.2 Å². The normalized spacial score (nSPS) is 17.0. The summed E-state index contributed by atoms with van der Waals surface area (Å²) < 4.78 is 0. The van der Waals surface area contributed by atoms with Gasteiger partial charge in [-0.15, -0.1) is 0 Å². The van der Waals surface area contributed by atoms with Crippen LogP contribution in [-0.2, 0) is 17.6 Å². The summed E-state index contributed by atoms with van der Waals surface area (Å²) in [6.07, 6.45) is 8.92. The first kappa shape index (κ1) is 15.4. The van der Waals surface area contributed by atoms with Gasteiger partial charge in [0.25, 0.3) is 0 Å². The summed E-state index contributed by atoms with van der Waals surface area (Å²) in [6.45, 7) is 0. The van der Waals surface area contributed by atoms with E-state index in [0.29, 0.717) is 12.5 Å². The lowest BCUT2D eigenvalue weighted by Crippen LogP contribution is -2.35. The Balaban J connectivity index is 1.43. The third kappa shape index (κ3) is 3.24. The second-order valence-corrected chi connectivity index (χ2v) is 7.26. The molecule has 0 radical (unpaired) electrons. The summed E-state index contributed by atoms with van der Waals surface area (Å²) in [5.74, 6) is 0.178. The molecule has 0 heterocycles. The van der Waals surface area contributed by atoms with Crippen LogP contribution in [0.25, 0.3) is 11.1 Å². The van der Waals surface area contributed by atoms with E-state index >= 15 is 0 Å². The van der Waals surface area contributed by atoms with Gasteiger partial charge in [0.15, 0.2) is 0 Å². The third-order valence-corrected chi connectivity index (χ3v) is 5.44. The van der Waals surface area contributed by atoms with Gasteiger partial charge in [0.2, 0.25) is 5.91 Å². The molecule has 0 atom stereocenters. The standard InChI is InChI=1S/C22H25NO/c24-22(23-19-8-3-1-2-4-9-19)14-16-11-12-21-18(13-16)15-17-7-5-6-10-20(17)21/h5-7,10-13,19H,1-4,8-9,14-15H2,(H,23,24). The molecule has 1 N–H and O–H groups in total. The van der Waals surface area contributed by atoms with E-state index in [-0.39, 0.29) is 5.91 Å². The summed E-state index contributed by atoms with van der Waals surface area (Å²) in [5, 5.41) is 3.25. The summed E-state index contributed by atoms with van der Waals surface area (Å²) in [7, 11) is 0. The van der Waals surface area contributed by atoms with Gasteiger partial charge in [-0.3, -0.25) is 4.79 Å². The number of carbonyl (C=O) groups is 1. The smallest absolute Gasteiger partial charge is 0.224 e. The largest absolute Gasteiger partial charge is 0.353 e. The van der Waals surface area contributed by atoms with E-state index < -0.39 is 0 Å². The Kier molecular flexibility index (Phi) is 4.38. The number of nitrogens with one attached hydrogen (secondary N) is 1. The number of hydrogen-bond donors (Lipinski definition) is 1. The summed E-state index contributed by atoms with van der Waals surface area (Å²) in [5.41, 5.74) is 6.57. The fourth-order valence-electron chi connectivity index (χ4n) is 4.20. The van der Waals surface area contributed by atoms with Crippen LogP contribution < -0.4 is 5.32 Å². The van der Waals surface area contributed by atoms with Gasteiger partial charge in [0, 0.05) is 6.04 Å². The average molecular weight is 319 g/mol. The van der Waals surface area contributed by atoms with Crippen molar-refractivity contribution in [3.05, 3.63) is 59.2 Å². The van der Waals surface area contributed by atoms with Crippen LogP contribution in [0, 0.1) is 0 Å². The van der Waals surface area contributed by atoms with E-state index in [1.807, 2.05) is 0 Å². The van der Waals surface area contributed by atoms with Crippen molar-refractivity contribution < 1.29 is 4.79 Å². The molecular formula is C22H25NO. The molecule has 1 amide bonds. The summed E-state index contributed by atoms with van der Waals surface area (Å²) in [4.78, 5) is 12.4. The van der Waals surface area contributed by atoms with Gasteiger partial charge in [0.05, 0.1) is 6.42 Å². The first-order valence-electron chi connectivity index (χ1n) is 9.29. The minimum atomic E-state index is 0.178. The Morgan fingerprint density at radius 1 is 0.917 bits per heavy atom. The van der Waals surface area contributed by atoms with Crippen molar-refractivity contribution in [3.8, 4) is 11.1 Å². The predicted octanol–water partition coefficient (Wildman–Crippen LogP) is 4.64. The highest BCUT2D eigenvalue weighted by Crippen LogP contribution is 2.36. The lowest BCUT2D eigenvalue weighted by atomic mass is 10.0. The lowest BCUT2D eigenvalue weighted by Gasteiger charge is -2.16. The molecule has 1 saturated carbocycles. The fourth-order valence-corrected chi connectivity index (χ4v) is 4.20. The number of fused-ring (bicyclic) bond motifs is 3. The van der Waals surface area contributed by atoms with Crippen LogP contribution in [0.15, 0.2) is 42.5 Å². The quantitative estimate of drug-likeness (QED) is 0.700. The molecule has 1 fully saturated rings. The molecule has 0 aliphatic heterocycles. The molecule has 0 unspecified atom stereocenters. The maximum Gasteiger partial charge on any atom is 0.224 e. The SMILES string of the molecule is O=C(Cc1ccc2c(c1)Cc1ccccc1-2)NC1CCCCCC1. The van der Waals surface area contributed by atoms with Crippen molar-refractivity contribution in [2.45, 2.75) is 57.4 Å².